The Morgan fingerprint density at radius 1 is 1.03 bits per heavy atom. The van der Waals surface area contributed by atoms with Crippen LogP contribution < -0.4 is 5.32 Å². The van der Waals surface area contributed by atoms with Crippen LogP contribution in [0.15, 0.2) is 48.5 Å². The number of amides is 2. The number of carbonyl (C=O) groups is 2. The summed E-state index contributed by atoms with van der Waals surface area (Å²) in [6.45, 7) is 8.05. The number of halogens is 2. The summed E-state index contributed by atoms with van der Waals surface area (Å²) in [6, 6.07) is 14.3. The van der Waals surface area contributed by atoms with Crippen LogP contribution in [-0.4, -0.2) is 28.3 Å². The average molecular weight is 449 g/mol. The van der Waals surface area contributed by atoms with E-state index in [-0.39, 0.29) is 23.8 Å². The Morgan fingerprint density at radius 3 is 2.23 bits per heavy atom. The highest BCUT2D eigenvalue weighted by Gasteiger charge is 2.30. The summed E-state index contributed by atoms with van der Waals surface area (Å²) in [7, 11) is 0. The van der Waals surface area contributed by atoms with Gasteiger partial charge in [-0.15, -0.1) is 0 Å². The molecule has 0 saturated carbocycles. The molecule has 4 nitrogen and oxygen atoms in total. The van der Waals surface area contributed by atoms with Gasteiger partial charge in [-0.3, -0.25) is 9.59 Å². The van der Waals surface area contributed by atoms with Gasteiger partial charge in [0.25, 0.3) is 0 Å². The fourth-order valence-electron chi connectivity index (χ4n) is 3.25. The minimum atomic E-state index is -0.557. The van der Waals surface area contributed by atoms with Crippen LogP contribution >= 0.6 is 23.2 Å². The van der Waals surface area contributed by atoms with Crippen LogP contribution in [0.3, 0.4) is 0 Å². The molecule has 30 heavy (non-hydrogen) atoms. The van der Waals surface area contributed by atoms with E-state index in [9.17, 15) is 9.59 Å². The molecule has 0 bridgehead atoms. The first-order valence-electron chi connectivity index (χ1n) is 10.2. The van der Waals surface area contributed by atoms with Crippen molar-refractivity contribution in [1.29, 1.82) is 0 Å². The molecule has 162 valence electrons. The molecule has 0 radical (unpaired) electrons. The van der Waals surface area contributed by atoms with E-state index in [4.69, 9.17) is 23.2 Å². The molecule has 0 unspecified atom stereocenters. The summed E-state index contributed by atoms with van der Waals surface area (Å²) < 4.78 is 0. The zero-order valence-corrected chi connectivity index (χ0v) is 19.6. The van der Waals surface area contributed by atoms with E-state index >= 15 is 0 Å². The fraction of sp³-hybridized carbons (Fsp3) is 0.417. The number of nitrogens with one attached hydrogen (secondary N) is 1. The lowest BCUT2D eigenvalue weighted by atomic mass is 10.0. The lowest BCUT2D eigenvalue weighted by Gasteiger charge is -2.33. The molecule has 2 aromatic carbocycles. The SMILES string of the molecule is CC[C@H](C(=O)NC(C)(C)C)N(Cc1ccc(Cl)cc1)C(=O)CCc1ccccc1Cl. The van der Waals surface area contributed by atoms with Crippen LogP contribution in [0.1, 0.15) is 51.7 Å². The Hall–Kier alpha value is -2.04. The van der Waals surface area contributed by atoms with Crippen LogP contribution in [0.5, 0.6) is 0 Å². The number of hydrogen-bond acceptors (Lipinski definition) is 2. The van der Waals surface area contributed by atoms with Gasteiger partial charge >= 0.3 is 0 Å². The maximum absolute atomic E-state index is 13.2. The third-order valence-corrected chi connectivity index (χ3v) is 5.34. The Labute approximate surface area is 189 Å². The van der Waals surface area contributed by atoms with E-state index in [0.717, 1.165) is 11.1 Å². The first-order chi connectivity index (χ1) is 14.1. The smallest absolute Gasteiger partial charge is 0.243 e. The van der Waals surface area contributed by atoms with Crippen molar-refractivity contribution in [2.45, 2.75) is 65.1 Å². The Bertz CT molecular complexity index is 860. The van der Waals surface area contributed by atoms with E-state index in [1.54, 1.807) is 17.0 Å². The zero-order chi connectivity index (χ0) is 22.3. The minimum absolute atomic E-state index is 0.0826. The van der Waals surface area contributed by atoms with Crippen molar-refractivity contribution in [3.8, 4) is 0 Å². The molecule has 0 heterocycles. The maximum Gasteiger partial charge on any atom is 0.243 e. The molecule has 1 atom stereocenters. The van der Waals surface area contributed by atoms with Crippen molar-refractivity contribution >= 4 is 35.0 Å². The molecular formula is C24H30Cl2N2O2. The Kier molecular flexibility index (Phi) is 8.75. The molecule has 2 aromatic rings. The Balaban J connectivity index is 2.24. The standard InChI is InChI=1S/C24H30Cl2N2O2/c1-5-21(23(30)27-24(2,3)4)28(16-17-10-13-19(25)14-11-17)22(29)15-12-18-8-6-7-9-20(18)26/h6-11,13-14,21H,5,12,15-16H2,1-4H3,(H,27,30)/t21-/m1/s1. The summed E-state index contributed by atoms with van der Waals surface area (Å²) >= 11 is 12.2. The highest BCUT2D eigenvalue weighted by Crippen LogP contribution is 2.20. The van der Waals surface area contributed by atoms with E-state index < -0.39 is 6.04 Å². The first-order valence-corrected chi connectivity index (χ1v) is 11.0. The van der Waals surface area contributed by atoms with Crippen LogP contribution in [0.2, 0.25) is 10.0 Å². The molecule has 0 fully saturated rings. The van der Waals surface area contributed by atoms with Gasteiger partial charge in [0.05, 0.1) is 0 Å². The van der Waals surface area contributed by atoms with Gasteiger partial charge in [0.2, 0.25) is 11.8 Å². The number of rotatable bonds is 8. The predicted molar refractivity (Wildman–Crippen MR) is 124 cm³/mol. The maximum atomic E-state index is 13.2. The molecule has 0 saturated heterocycles. The number of nitrogens with zero attached hydrogens (tertiary/aromatic N) is 1. The van der Waals surface area contributed by atoms with Crippen molar-refractivity contribution < 1.29 is 9.59 Å². The van der Waals surface area contributed by atoms with Gasteiger partial charge in [-0.25, -0.2) is 0 Å². The van der Waals surface area contributed by atoms with E-state index in [2.05, 4.69) is 5.32 Å². The van der Waals surface area contributed by atoms with Crippen molar-refractivity contribution in [1.82, 2.24) is 10.2 Å². The summed E-state index contributed by atoms with van der Waals surface area (Å²) in [4.78, 5) is 27.9. The lowest BCUT2D eigenvalue weighted by molar-refractivity contribution is -0.142. The quantitative estimate of drug-likeness (QED) is 0.566. The van der Waals surface area contributed by atoms with Gasteiger partial charge in [-0.05, 0) is 62.9 Å². The first kappa shape index (κ1) is 24.2. The lowest BCUT2D eigenvalue weighted by Crippen LogP contribution is -2.53. The van der Waals surface area contributed by atoms with Crippen molar-refractivity contribution in [2.75, 3.05) is 0 Å². The molecule has 0 aromatic heterocycles. The summed E-state index contributed by atoms with van der Waals surface area (Å²) in [5, 5.41) is 4.29. The van der Waals surface area contributed by atoms with Crippen molar-refractivity contribution in [3.05, 3.63) is 69.7 Å². The number of aryl methyl sites for hydroxylation is 1. The monoisotopic (exact) mass is 448 g/mol. The average Bonchev–Trinajstić information content (AvgIpc) is 2.67. The zero-order valence-electron chi connectivity index (χ0n) is 18.0. The van der Waals surface area contributed by atoms with Gasteiger partial charge in [-0.2, -0.15) is 0 Å². The van der Waals surface area contributed by atoms with Gasteiger partial charge in [0, 0.05) is 28.5 Å². The van der Waals surface area contributed by atoms with Crippen LogP contribution in [-0.2, 0) is 22.6 Å². The molecule has 0 aliphatic carbocycles. The van der Waals surface area contributed by atoms with Gasteiger partial charge in [-0.1, -0.05) is 60.5 Å². The van der Waals surface area contributed by atoms with E-state index in [1.165, 1.54) is 0 Å². The number of hydrogen-bond donors (Lipinski definition) is 1. The van der Waals surface area contributed by atoms with E-state index in [1.807, 2.05) is 64.1 Å². The van der Waals surface area contributed by atoms with Gasteiger partial charge in [0.15, 0.2) is 0 Å². The third kappa shape index (κ3) is 7.33. The summed E-state index contributed by atoms with van der Waals surface area (Å²) in [6.07, 6.45) is 1.32. The Morgan fingerprint density at radius 2 is 1.67 bits per heavy atom. The molecule has 6 heteroatoms. The molecule has 2 amide bonds. The third-order valence-electron chi connectivity index (χ3n) is 4.72. The van der Waals surface area contributed by atoms with Gasteiger partial charge in [0.1, 0.15) is 6.04 Å². The van der Waals surface area contributed by atoms with Crippen LogP contribution in [0.4, 0.5) is 0 Å². The summed E-state index contributed by atoms with van der Waals surface area (Å²) in [5.74, 6) is -0.231. The van der Waals surface area contributed by atoms with Crippen LogP contribution in [0.25, 0.3) is 0 Å². The number of carbonyl (C=O) groups excluding carboxylic acids is 2. The largest absolute Gasteiger partial charge is 0.350 e. The van der Waals surface area contributed by atoms with Gasteiger partial charge < -0.3 is 10.2 Å². The van der Waals surface area contributed by atoms with Crippen molar-refractivity contribution in [2.24, 2.45) is 0 Å². The second-order valence-electron chi connectivity index (χ2n) is 8.40. The van der Waals surface area contributed by atoms with Crippen LogP contribution in [0, 0.1) is 0 Å². The second kappa shape index (κ2) is 10.8. The fourth-order valence-corrected chi connectivity index (χ4v) is 3.60. The summed E-state index contributed by atoms with van der Waals surface area (Å²) in [5.41, 5.74) is 1.47. The molecule has 2 rings (SSSR count). The second-order valence-corrected chi connectivity index (χ2v) is 9.25. The highest BCUT2D eigenvalue weighted by molar-refractivity contribution is 6.31. The van der Waals surface area contributed by atoms with Crippen molar-refractivity contribution in [3.63, 3.8) is 0 Å². The predicted octanol–water partition coefficient (Wildman–Crippen LogP) is 5.65. The highest BCUT2D eigenvalue weighted by atomic mass is 35.5. The molecular weight excluding hydrogens is 419 g/mol. The normalized spacial score (nSPS) is 12.3. The minimum Gasteiger partial charge on any atom is -0.350 e. The topological polar surface area (TPSA) is 49.4 Å². The molecule has 0 aliphatic rings. The molecule has 0 spiro atoms. The molecule has 0 aliphatic heterocycles. The molecule has 1 N–H and O–H groups in total. The van der Waals surface area contributed by atoms with E-state index in [0.29, 0.717) is 29.4 Å². The number of benzene rings is 2.